The summed E-state index contributed by atoms with van der Waals surface area (Å²) < 4.78 is 1.59. The highest BCUT2D eigenvalue weighted by Gasteiger charge is 2.13. The summed E-state index contributed by atoms with van der Waals surface area (Å²) in [6, 6.07) is 11.6. The molecule has 0 radical (unpaired) electrons. The highest BCUT2D eigenvalue weighted by Crippen LogP contribution is 2.23. The summed E-state index contributed by atoms with van der Waals surface area (Å²) in [6.45, 7) is 6.49. The first kappa shape index (κ1) is 16.4. The van der Waals surface area contributed by atoms with Crippen LogP contribution in [0.2, 0.25) is 0 Å². The SMILES string of the molecule is CC(C)(C)c1ccc(NC(=O)CSc2ccc3nncn3n2)cc1. The Bertz CT molecular complexity index is 851. The lowest BCUT2D eigenvalue weighted by atomic mass is 9.87. The molecule has 1 amide bonds. The van der Waals surface area contributed by atoms with Crippen LogP contribution in [0.15, 0.2) is 47.8 Å². The zero-order valence-electron chi connectivity index (χ0n) is 13.9. The predicted octanol–water partition coefficient (Wildman–Crippen LogP) is 3.15. The molecular weight excluding hydrogens is 322 g/mol. The number of hydrogen-bond donors (Lipinski definition) is 1. The Morgan fingerprint density at radius 2 is 1.92 bits per heavy atom. The third-order valence-electron chi connectivity index (χ3n) is 3.52. The van der Waals surface area contributed by atoms with Crippen LogP contribution >= 0.6 is 11.8 Å². The van der Waals surface area contributed by atoms with Crippen molar-refractivity contribution >= 4 is 29.0 Å². The van der Waals surface area contributed by atoms with Gasteiger partial charge in [0.1, 0.15) is 11.4 Å². The maximum atomic E-state index is 12.1. The molecule has 1 N–H and O–H groups in total. The quantitative estimate of drug-likeness (QED) is 0.738. The Morgan fingerprint density at radius 1 is 1.17 bits per heavy atom. The van der Waals surface area contributed by atoms with E-state index in [9.17, 15) is 4.79 Å². The van der Waals surface area contributed by atoms with Crippen LogP contribution in [0.1, 0.15) is 26.3 Å². The lowest BCUT2D eigenvalue weighted by molar-refractivity contribution is -0.113. The molecule has 0 spiro atoms. The Labute approximate surface area is 144 Å². The first-order chi connectivity index (χ1) is 11.4. The standard InChI is InChI=1S/C17H19N5OS/c1-17(2,3)12-4-6-13(7-5-12)19-15(23)10-24-16-9-8-14-20-18-11-22(14)21-16/h4-9,11H,10H2,1-3H3,(H,19,23). The highest BCUT2D eigenvalue weighted by molar-refractivity contribution is 7.99. The van der Waals surface area contributed by atoms with Gasteiger partial charge in [0.15, 0.2) is 5.65 Å². The minimum Gasteiger partial charge on any atom is -0.325 e. The van der Waals surface area contributed by atoms with Crippen LogP contribution in [0, 0.1) is 0 Å². The first-order valence-corrected chi connectivity index (χ1v) is 8.61. The van der Waals surface area contributed by atoms with E-state index in [-0.39, 0.29) is 11.3 Å². The maximum Gasteiger partial charge on any atom is 0.234 e. The molecule has 124 valence electrons. The van der Waals surface area contributed by atoms with Crippen LogP contribution in [0.5, 0.6) is 0 Å². The van der Waals surface area contributed by atoms with E-state index in [0.717, 1.165) is 10.7 Å². The molecule has 0 bridgehead atoms. The summed E-state index contributed by atoms with van der Waals surface area (Å²) in [5.41, 5.74) is 2.82. The van der Waals surface area contributed by atoms with Gasteiger partial charge in [-0.05, 0) is 35.2 Å². The van der Waals surface area contributed by atoms with Crippen LogP contribution < -0.4 is 5.32 Å². The second-order valence-electron chi connectivity index (χ2n) is 6.47. The number of aromatic nitrogens is 4. The molecule has 0 aliphatic rings. The number of nitrogens with one attached hydrogen (secondary N) is 1. The smallest absolute Gasteiger partial charge is 0.234 e. The maximum absolute atomic E-state index is 12.1. The number of fused-ring (bicyclic) bond motifs is 1. The van der Waals surface area contributed by atoms with E-state index in [1.807, 2.05) is 36.4 Å². The molecule has 0 atom stereocenters. The molecule has 0 unspecified atom stereocenters. The van der Waals surface area contributed by atoms with Gasteiger partial charge >= 0.3 is 0 Å². The van der Waals surface area contributed by atoms with Crippen molar-refractivity contribution < 1.29 is 4.79 Å². The number of nitrogens with zero attached hydrogens (tertiary/aromatic N) is 4. The third-order valence-corrected chi connectivity index (χ3v) is 4.44. The summed E-state index contributed by atoms with van der Waals surface area (Å²) >= 11 is 1.37. The zero-order valence-corrected chi connectivity index (χ0v) is 14.7. The molecular formula is C17H19N5OS. The van der Waals surface area contributed by atoms with Gasteiger partial charge in [-0.3, -0.25) is 4.79 Å². The molecule has 24 heavy (non-hydrogen) atoms. The topological polar surface area (TPSA) is 72.2 Å². The van der Waals surface area contributed by atoms with Crippen LogP contribution in [0.25, 0.3) is 5.65 Å². The van der Waals surface area contributed by atoms with E-state index in [2.05, 4.69) is 41.4 Å². The minimum absolute atomic E-state index is 0.0610. The molecule has 2 heterocycles. The largest absolute Gasteiger partial charge is 0.325 e. The van der Waals surface area contributed by atoms with Gasteiger partial charge in [-0.25, -0.2) is 0 Å². The number of thioether (sulfide) groups is 1. The van der Waals surface area contributed by atoms with Crippen LogP contribution in [0.4, 0.5) is 5.69 Å². The summed E-state index contributed by atoms with van der Waals surface area (Å²) in [4.78, 5) is 12.1. The van der Waals surface area contributed by atoms with E-state index < -0.39 is 0 Å². The normalized spacial score (nSPS) is 11.6. The average Bonchev–Trinajstić information content (AvgIpc) is 3.00. The van der Waals surface area contributed by atoms with Crippen LogP contribution in [-0.4, -0.2) is 31.5 Å². The molecule has 0 saturated carbocycles. The van der Waals surface area contributed by atoms with Crippen molar-refractivity contribution in [2.45, 2.75) is 31.2 Å². The number of hydrogen-bond acceptors (Lipinski definition) is 5. The fraction of sp³-hybridized carbons (Fsp3) is 0.294. The van der Waals surface area contributed by atoms with Crippen LogP contribution in [0.3, 0.4) is 0 Å². The number of amides is 1. The number of carbonyl (C=O) groups is 1. The Kier molecular flexibility index (Phi) is 4.53. The van der Waals surface area contributed by atoms with Gasteiger partial charge in [-0.2, -0.15) is 9.61 Å². The lowest BCUT2D eigenvalue weighted by Crippen LogP contribution is -2.15. The Hall–Kier alpha value is -2.41. The third kappa shape index (κ3) is 3.91. The summed E-state index contributed by atoms with van der Waals surface area (Å²) in [5, 5.41) is 15.7. The van der Waals surface area contributed by atoms with E-state index >= 15 is 0 Å². The molecule has 1 aromatic carbocycles. The monoisotopic (exact) mass is 341 g/mol. The molecule has 7 heteroatoms. The van der Waals surface area contributed by atoms with Crippen molar-refractivity contribution in [2.24, 2.45) is 0 Å². The summed E-state index contributed by atoms with van der Waals surface area (Å²) in [6.07, 6.45) is 1.54. The van der Waals surface area contributed by atoms with Crippen molar-refractivity contribution in [2.75, 3.05) is 11.1 Å². The van der Waals surface area contributed by atoms with Gasteiger partial charge in [0.25, 0.3) is 0 Å². The lowest BCUT2D eigenvalue weighted by Gasteiger charge is -2.19. The molecule has 0 fully saturated rings. The van der Waals surface area contributed by atoms with Crippen molar-refractivity contribution in [3.63, 3.8) is 0 Å². The number of rotatable bonds is 4. The highest BCUT2D eigenvalue weighted by atomic mass is 32.2. The van der Waals surface area contributed by atoms with Crippen molar-refractivity contribution in [3.8, 4) is 0 Å². The van der Waals surface area contributed by atoms with Crippen molar-refractivity contribution in [3.05, 3.63) is 48.3 Å². The van der Waals surface area contributed by atoms with E-state index in [0.29, 0.717) is 11.4 Å². The average molecular weight is 341 g/mol. The number of benzene rings is 1. The van der Waals surface area contributed by atoms with Gasteiger partial charge in [0, 0.05) is 5.69 Å². The fourth-order valence-corrected chi connectivity index (χ4v) is 2.84. The molecule has 0 aliphatic heterocycles. The van der Waals surface area contributed by atoms with Gasteiger partial charge in [-0.15, -0.1) is 10.2 Å². The minimum atomic E-state index is -0.0610. The van der Waals surface area contributed by atoms with E-state index in [1.54, 1.807) is 4.52 Å². The van der Waals surface area contributed by atoms with Gasteiger partial charge in [0.2, 0.25) is 5.91 Å². The number of carbonyl (C=O) groups excluding carboxylic acids is 1. The predicted molar refractivity (Wildman–Crippen MR) is 95.3 cm³/mol. The van der Waals surface area contributed by atoms with Crippen molar-refractivity contribution in [1.82, 2.24) is 19.8 Å². The zero-order chi connectivity index (χ0) is 17.2. The molecule has 3 rings (SSSR count). The molecule has 0 saturated heterocycles. The number of anilines is 1. The van der Waals surface area contributed by atoms with Gasteiger partial charge < -0.3 is 5.32 Å². The van der Waals surface area contributed by atoms with Crippen molar-refractivity contribution in [1.29, 1.82) is 0 Å². The molecule has 2 aromatic heterocycles. The van der Waals surface area contributed by atoms with E-state index in [1.165, 1.54) is 23.7 Å². The second-order valence-corrected chi connectivity index (χ2v) is 7.47. The summed E-state index contributed by atoms with van der Waals surface area (Å²) in [5.74, 6) is 0.232. The summed E-state index contributed by atoms with van der Waals surface area (Å²) in [7, 11) is 0. The Morgan fingerprint density at radius 3 is 2.62 bits per heavy atom. The molecule has 0 aliphatic carbocycles. The van der Waals surface area contributed by atoms with Gasteiger partial charge in [0.05, 0.1) is 5.75 Å². The second kappa shape index (κ2) is 6.60. The van der Waals surface area contributed by atoms with Gasteiger partial charge in [-0.1, -0.05) is 44.7 Å². The first-order valence-electron chi connectivity index (χ1n) is 7.62. The molecule has 6 nitrogen and oxygen atoms in total. The van der Waals surface area contributed by atoms with E-state index in [4.69, 9.17) is 0 Å². The van der Waals surface area contributed by atoms with Crippen LogP contribution in [-0.2, 0) is 10.2 Å². The fourth-order valence-electron chi connectivity index (χ4n) is 2.18. The molecule has 3 aromatic rings. The Balaban J connectivity index is 1.57.